The first kappa shape index (κ1) is 30.6. The van der Waals surface area contributed by atoms with E-state index in [4.69, 9.17) is 25.8 Å². The third-order valence-corrected chi connectivity index (χ3v) is 6.81. The fourth-order valence-corrected chi connectivity index (χ4v) is 5.39. The summed E-state index contributed by atoms with van der Waals surface area (Å²) in [7, 11) is -1.59. The van der Waals surface area contributed by atoms with Crippen molar-refractivity contribution in [2.24, 2.45) is 5.92 Å². The van der Waals surface area contributed by atoms with Gasteiger partial charge in [-0.1, -0.05) is 27.7 Å². The van der Waals surface area contributed by atoms with Crippen molar-refractivity contribution in [1.82, 2.24) is 10.2 Å². The number of nitrogens with one attached hydrogen (secondary N) is 1. The van der Waals surface area contributed by atoms with Crippen LogP contribution in [0, 0.1) is 5.92 Å². The number of carbonyl (C=O) groups is 2. The molecule has 1 heterocycles. The zero-order valence-electron chi connectivity index (χ0n) is 19.2. The van der Waals surface area contributed by atoms with E-state index in [2.05, 4.69) is 5.32 Å². The third kappa shape index (κ3) is 8.79. The van der Waals surface area contributed by atoms with Crippen LogP contribution in [0.3, 0.4) is 0 Å². The molecule has 2 aliphatic rings. The molecule has 1 saturated heterocycles. The Morgan fingerprint density at radius 2 is 1.68 bits per heavy atom. The molecule has 0 radical (unpaired) electrons. The molecule has 1 aliphatic carbocycles. The highest BCUT2D eigenvalue weighted by Crippen LogP contribution is 2.62. The number of hydrogen-bond donors (Lipinski definition) is 4. The normalized spacial score (nSPS) is 31.2. The van der Waals surface area contributed by atoms with E-state index in [1.807, 2.05) is 27.7 Å². The van der Waals surface area contributed by atoms with Gasteiger partial charge in [0.1, 0.15) is 12.2 Å². The number of nitrogens with zero attached hydrogens (tertiary/aromatic N) is 1. The lowest BCUT2D eigenvalue weighted by atomic mass is 10.1. The zero-order chi connectivity index (χ0) is 24.7. The molecule has 4 N–H and O–H groups in total. The molecule has 0 aromatic rings. The molecule has 11 nitrogen and oxygen atoms in total. The Hall–Kier alpha value is -0.420. The van der Waals surface area contributed by atoms with Crippen molar-refractivity contribution in [1.29, 1.82) is 0 Å². The number of imide groups is 1. The van der Waals surface area contributed by atoms with Crippen LogP contribution < -0.4 is 5.32 Å². The fourth-order valence-electron chi connectivity index (χ4n) is 3.21. The molecule has 0 aromatic heterocycles. The van der Waals surface area contributed by atoms with Crippen molar-refractivity contribution in [3.63, 3.8) is 0 Å². The molecule has 1 aliphatic heterocycles. The van der Waals surface area contributed by atoms with Crippen LogP contribution in [0.2, 0.25) is 0 Å². The Labute approximate surface area is 189 Å². The van der Waals surface area contributed by atoms with E-state index >= 15 is 0 Å². The van der Waals surface area contributed by atoms with E-state index in [0.29, 0.717) is 0 Å². The highest BCUT2D eigenvalue weighted by Gasteiger charge is 2.62. The predicted octanol–water partition coefficient (Wildman–Crippen LogP) is 1.85. The van der Waals surface area contributed by atoms with Crippen molar-refractivity contribution >= 4 is 37.8 Å². The molecule has 1 saturated carbocycles. The number of ether oxygens (including phenoxy) is 2. The van der Waals surface area contributed by atoms with Gasteiger partial charge < -0.3 is 28.7 Å². The van der Waals surface area contributed by atoms with Crippen LogP contribution in [0.25, 0.3) is 0 Å². The zero-order valence-corrected chi connectivity index (χ0v) is 21.8. The van der Waals surface area contributed by atoms with Crippen molar-refractivity contribution < 1.29 is 42.8 Å². The van der Waals surface area contributed by atoms with Gasteiger partial charge in [0.25, 0.3) is 0 Å². The lowest BCUT2D eigenvalue weighted by Gasteiger charge is -2.29. The summed E-state index contributed by atoms with van der Waals surface area (Å²) in [6, 6.07) is -0.740. The van der Waals surface area contributed by atoms with E-state index in [-0.39, 0.29) is 6.42 Å². The van der Waals surface area contributed by atoms with E-state index in [9.17, 15) is 28.8 Å². The average Bonchev–Trinajstić information content (AvgIpc) is 3.40. The Balaban J connectivity index is 0.00000212. The molecule has 0 bridgehead atoms. The Bertz CT molecular complexity index is 699. The minimum absolute atomic E-state index is 0.208. The molecule has 2 rings (SSSR count). The molecular formula is C17H36N2O9P2S. The topological polar surface area (TPSA) is 155 Å². The van der Waals surface area contributed by atoms with Gasteiger partial charge in [-0.2, -0.15) is 0 Å². The average molecular weight is 506 g/mol. The smallest absolute Gasteiger partial charge is 0.328 e. The number of likely N-dealkylation sites (N-methyl/N-ethyl adjacent to an activating group) is 1. The van der Waals surface area contributed by atoms with Crippen molar-refractivity contribution in [3.8, 4) is 0 Å². The minimum atomic E-state index is -4.32. The maximum Gasteiger partial charge on any atom is 0.328 e. The fraction of sp³-hybridized carbons (Fsp3) is 0.882. The number of rotatable bonds is 6. The van der Waals surface area contributed by atoms with Crippen LogP contribution in [0.4, 0.5) is 4.79 Å². The van der Waals surface area contributed by atoms with Gasteiger partial charge in [-0.25, -0.2) is 4.79 Å². The highest BCUT2D eigenvalue weighted by atomic mass is 32.5. The Kier molecular flexibility index (Phi) is 12.5. The summed E-state index contributed by atoms with van der Waals surface area (Å²) < 4.78 is 28.4. The van der Waals surface area contributed by atoms with Gasteiger partial charge in [0.2, 0.25) is 5.91 Å². The summed E-state index contributed by atoms with van der Waals surface area (Å²) in [4.78, 5) is 53.2. The quantitative estimate of drug-likeness (QED) is 0.392. The summed E-state index contributed by atoms with van der Waals surface area (Å²) in [5, 5.41) is 2.10. The van der Waals surface area contributed by atoms with E-state index in [0.717, 1.165) is 4.90 Å². The van der Waals surface area contributed by atoms with Gasteiger partial charge in [-0.3, -0.25) is 19.6 Å². The second-order valence-electron chi connectivity index (χ2n) is 6.72. The molecule has 3 amide bonds. The van der Waals surface area contributed by atoms with E-state index in [1.54, 1.807) is 0 Å². The van der Waals surface area contributed by atoms with Crippen LogP contribution in [0.15, 0.2) is 0 Å². The van der Waals surface area contributed by atoms with Gasteiger partial charge >= 0.3 is 13.6 Å². The summed E-state index contributed by atoms with van der Waals surface area (Å²) in [5.74, 6) is -1.10. The molecule has 14 heteroatoms. The predicted molar refractivity (Wildman–Crippen MR) is 120 cm³/mol. The van der Waals surface area contributed by atoms with Gasteiger partial charge in [0, 0.05) is 33.7 Å². The highest BCUT2D eigenvalue weighted by molar-refractivity contribution is 8.09. The lowest BCUT2D eigenvalue weighted by Crippen LogP contribution is -2.50. The van der Waals surface area contributed by atoms with Gasteiger partial charge in [0.15, 0.2) is 12.7 Å². The van der Waals surface area contributed by atoms with Gasteiger partial charge in [-0.15, -0.1) is 0 Å². The molecule has 2 fully saturated rings. The lowest BCUT2D eigenvalue weighted by molar-refractivity contribution is -0.118. The monoisotopic (exact) mass is 506 g/mol. The number of hydrogen-bond acceptors (Lipinski definition) is 7. The van der Waals surface area contributed by atoms with Crippen LogP contribution >= 0.6 is 14.1 Å². The van der Waals surface area contributed by atoms with Gasteiger partial charge in [0.05, 0.1) is 11.8 Å². The molecule has 31 heavy (non-hydrogen) atoms. The second kappa shape index (κ2) is 12.7. The van der Waals surface area contributed by atoms with Crippen molar-refractivity contribution in [3.05, 3.63) is 0 Å². The van der Waals surface area contributed by atoms with E-state index in [1.165, 1.54) is 27.7 Å². The molecule has 7 unspecified atom stereocenters. The van der Waals surface area contributed by atoms with E-state index < -0.39 is 62.1 Å². The first-order valence-electron chi connectivity index (χ1n) is 10.0. The summed E-state index contributed by atoms with van der Waals surface area (Å²) in [6.45, 7) is 7.34. The standard InChI is InChI=1S/C13H24N2O9P2S.2C2H6/c1-6(16)14-13(17)15(2)12-11(22-3)10(24-25(4,18)27)9(23-12)7-5-8(7)26(19,20)21;2*1-2/h7-12H,5H2,1-4H3,(H,18,27)(H,14,16,17)(H2,19,20,21);2*1-2H3. The largest absolute Gasteiger partial charge is 0.374 e. The summed E-state index contributed by atoms with van der Waals surface area (Å²) in [6.07, 6.45) is -3.47. The van der Waals surface area contributed by atoms with Crippen LogP contribution in [-0.4, -0.2) is 82.5 Å². The number of carbonyl (C=O) groups excluding carboxylic acids is 2. The molecule has 0 aromatic carbocycles. The Morgan fingerprint density at radius 1 is 1.16 bits per heavy atom. The van der Waals surface area contributed by atoms with Gasteiger partial charge in [-0.05, 0) is 18.2 Å². The maximum absolute atomic E-state index is 12.1. The van der Waals surface area contributed by atoms with Crippen LogP contribution in [0.1, 0.15) is 41.0 Å². The van der Waals surface area contributed by atoms with Crippen LogP contribution in [-0.2, 0) is 35.2 Å². The summed E-state index contributed by atoms with van der Waals surface area (Å²) >= 11 is 4.94. The Morgan fingerprint density at radius 3 is 2.03 bits per heavy atom. The number of methoxy groups -OCH3 is 1. The second-order valence-corrected chi connectivity index (χ2v) is 12.4. The first-order chi connectivity index (χ1) is 14.3. The SMILES string of the molecule is CC.CC.COC1C(OP(C)(O)=S)C(C2CC2P(=O)(O)O)OC1N(C)C(=O)NC(C)=O. The number of amides is 3. The number of urea groups is 1. The third-order valence-electron chi connectivity index (χ3n) is 4.46. The maximum atomic E-state index is 12.1. The minimum Gasteiger partial charge on any atom is -0.374 e. The summed E-state index contributed by atoms with van der Waals surface area (Å²) in [5.41, 5.74) is -0.894. The first-order valence-corrected chi connectivity index (χ1v) is 14.8. The molecule has 184 valence electrons. The van der Waals surface area contributed by atoms with Crippen molar-refractivity contribution in [2.75, 3.05) is 20.8 Å². The molecular weight excluding hydrogens is 470 g/mol. The molecule has 0 spiro atoms. The van der Waals surface area contributed by atoms with Crippen molar-refractivity contribution in [2.45, 2.75) is 71.2 Å². The molecule has 7 atom stereocenters. The van der Waals surface area contributed by atoms with Crippen LogP contribution in [0.5, 0.6) is 0 Å².